The molecule has 0 aliphatic rings. The zero-order chi connectivity index (χ0) is 31.8. The van der Waals surface area contributed by atoms with E-state index in [1.165, 1.54) is 0 Å². The highest BCUT2D eigenvalue weighted by Crippen LogP contribution is 2.44. The van der Waals surface area contributed by atoms with Gasteiger partial charge in [-0.1, -0.05) is 24.3 Å². The number of nitrogens with two attached hydrogens (primary N) is 3. The van der Waals surface area contributed by atoms with Gasteiger partial charge >= 0.3 is 0 Å². The SMILES string of the molecule is Nc1ccc(N=Nc2ccc(-c3ccc(N=Nc4c(S(=O)(=O)O)cc5cc(S(=O)(=O)O)cc(N)c5c4O)cc3)cc2)c(N)c1. The Morgan fingerprint density at radius 3 is 1.68 bits per heavy atom. The smallest absolute Gasteiger partial charge is 0.296 e. The average Bonchev–Trinajstić information content (AvgIpc) is 2.95. The highest BCUT2D eigenvalue weighted by Gasteiger charge is 2.24. The molecule has 0 unspecified atom stereocenters. The van der Waals surface area contributed by atoms with Crippen LogP contribution in [0.2, 0.25) is 0 Å². The number of fused-ring (bicyclic) bond motifs is 1. The van der Waals surface area contributed by atoms with Crippen LogP contribution in [-0.2, 0) is 20.2 Å². The summed E-state index contributed by atoms with van der Waals surface area (Å²) in [6.45, 7) is 0. The van der Waals surface area contributed by atoms with Crippen LogP contribution in [0.4, 0.5) is 39.8 Å². The quantitative estimate of drug-likeness (QED) is 0.0663. The predicted octanol–water partition coefficient (Wildman–Crippen LogP) is 6.28. The second-order valence-corrected chi connectivity index (χ2v) is 12.3. The first-order chi connectivity index (χ1) is 20.7. The molecule has 224 valence electrons. The number of rotatable bonds is 7. The molecule has 5 rings (SSSR count). The van der Waals surface area contributed by atoms with Gasteiger partial charge in [-0.25, -0.2) is 0 Å². The van der Waals surface area contributed by atoms with E-state index < -0.39 is 41.5 Å². The molecule has 14 nitrogen and oxygen atoms in total. The monoisotopic (exact) mass is 633 g/mol. The summed E-state index contributed by atoms with van der Waals surface area (Å²) in [5.74, 6) is -0.772. The Labute approximate surface area is 250 Å². The highest BCUT2D eigenvalue weighted by atomic mass is 32.2. The van der Waals surface area contributed by atoms with E-state index in [4.69, 9.17) is 17.2 Å². The van der Waals surface area contributed by atoms with E-state index >= 15 is 0 Å². The van der Waals surface area contributed by atoms with E-state index in [1.54, 1.807) is 54.6 Å². The standard InChI is InChI=1S/C28H23N7O7S2/c29-18-5-10-24(22(30)13-18)34-32-19-6-1-15(2-7-19)16-3-8-20(9-4-16)33-35-27-25(44(40,41)42)12-17-11-21(43(37,38)39)14-23(31)26(17)28(27)36/h1-14,36H,29-31H2,(H,37,38,39)(H,40,41,42). The molecule has 0 radical (unpaired) electrons. The Morgan fingerprint density at radius 2 is 1.16 bits per heavy atom. The molecule has 0 saturated carbocycles. The number of nitrogens with zero attached hydrogens (tertiary/aromatic N) is 4. The van der Waals surface area contributed by atoms with E-state index in [1.807, 2.05) is 12.1 Å². The predicted molar refractivity (Wildman–Crippen MR) is 165 cm³/mol. The molecule has 0 fully saturated rings. The summed E-state index contributed by atoms with van der Waals surface area (Å²) in [4.78, 5) is -1.49. The molecule has 5 aromatic carbocycles. The van der Waals surface area contributed by atoms with Gasteiger partial charge in [-0.05, 0) is 77.2 Å². The molecular formula is C28H23N7O7S2. The summed E-state index contributed by atoms with van der Waals surface area (Å²) in [6.07, 6.45) is 0. The lowest BCUT2D eigenvalue weighted by molar-refractivity contribution is 0.472. The van der Waals surface area contributed by atoms with Crippen LogP contribution in [0.15, 0.2) is 115 Å². The van der Waals surface area contributed by atoms with Gasteiger partial charge in [-0.3, -0.25) is 9.11 Å². The Balaban J connectivity index is 1.42. The van der Waals surface area contributed by atoms with Crippen LogP contribution in [0, 0.1) is 0 Å². The van der Waals surface area contributed by atoms with Crippen molar-refractivity contribution in [1.82, 2.24) is 0 Å². The van der Waals surface area contributed by atoms with Gasteiger partial charge in [0.15, 0.2) is 5.75 Å². The van der Waals surface area contributed by atoms with Crippen LogP contribution < -0.4 is 17.2 Å². The fraction of sp³-hybridized carbons (Fsp3) is 0. The first kappa shape index (κ1) is 30.1. The largest absolute Gasteiger partial charge is 0.505 e. The number of nitrogen functional groups attached to an aromatic ring is 3. The third-order valence-corrected chi connectivity index (χ3v) is 8.09. The molecule has 5 aromatic rings. The summed E-state index contributed by atoms with van der Waals surface area (Å²) in [7, 11) is -9.68. The number of aromatic hydroxyl groups is 1. The maximum Gasteiger partial charge on any atom is 0.296 e. The zero-order valence-corrected chi connectivity index (χ0v) is 24.0. The molecular weight excluding hydrogens is 610 g/mol. The normalized spacial score (nSPS) is 12.4. The van der Waals surface area contributed by atoms with Crippen molar-refractivity contribution in [3.8, 4) is 16.9 Å². The van der Waals surface area contributed by atoms with Gasteiger partial charge in [0.1, 0.15) is 16.3 Å². The van der Waals surface area contributed by atoms with Gasteiger partial charge in [0.05, 0.1) is 22.0 Å². The van der Waals surface area contributed by atoms with Crippen molar-refractivity contribution in [3.05, 3.63) is 84.9 Å². The Bertz CT molecular complexity index is 2200. The van der Waals surface area contributed by atoms with Crippen molar-refractivity contribution in [1.29, 1.82) is 0 Å². The van der Waals surface area contributed by atoms with Crippen LogP contribution in [-0.4, -0.2) is 31.0 Å². The van der Waals surface area contributed by atoms with Crippen molar-refractivity contribution < 1.29 is 31.0 Å². The minimum atomic E-state index is -4.98. The van der Waals surface area contributed by atoms with Crippen LogP contribution in [0.5, 0.6) is 5.75 Å². The number of hydrogen-bond donors (Lipinski definition) is 6. The topological polar surface area (TPSA) is 256 Å². The van der Waals surface area contributed by atoms with Crippen molar-refractivity contribution in [2.75, 3.05) is 17.2 Å². The molecule has 0 amide bonds. The number of azo groups is 2. The lowest BCUT2D eigenvalue weighted by atomic mass is 10.1. The molecule has 0 aromatic heterocycles. The first-order valence-corrected chi connectivity index (χ1v) is 15.3. The second kappa shape index (κ2) is 11.3. The van der Waals surface area contributed by atoms with Crippen molar-refractivity contribution in [2.45, 2.75) is 9.79 Å². The molecule has 0 atom stereocenters. The Morgan fingerprint density at radius 1 is 0.591 bits per heavy atom. The second-order valence-electron chi connectivity index (χ2n) is 9.44. The van der Waals surface area contributed by atoms with Crippen LogP contribution in [0.25, 0.3) is 21.9 Å². The number of anilines is 3. The number of benzene rings is 5. The van der Waals surface area contributed by atoms with Gasteiger partial charge in [0.25, 0.3) is 20.2 Å². The minimum Gasteiger partial charge on any atom is -0.505 e. The molecule has 0 aliphatic heterocycles. The maximum absolute atomic E-state index is 12.1. The van der Waals surface area contributed by atoms with E-state index in [2.05, 4.69) is 20.5 Å². The Kier molecular flexibility index (Phi) is 7.75. The van der Waals surface area contributed by atoms with Gasteiger partial charge in [0.2, 0.25) is 0 Å². The van der Waals surface area contributed by atoms with Gasteiger partial charge in [0, 0.05) is 16.8 Å². The minimum absolute atomic E-state index is 0.158. The van der Waals surface area contributed by atoms with Crippen LogP contribution >= 0.6 is 0 Å². The molecule has 0 spiro atoms. The molecule has 0 heterocycles. The highest BCUT2D eigenvalue weighted by molar-refractivity contribution is 7.86. The van der Waals surface area contributed by atoms with Gasteiger partial charge in [-0.2, -0.15) is 27.1 Å². The molecule has 0 saturated heterocycles. The summed E-state index contributed by atoms with van der Waals surface area (Å²) < 4.78 is 66.5. The van der Waals surface area contributed by atoms with E-state index in [0.29, 0.717) is 22.7 Å². The number of phenolic OH excluding ortho intramolecular Hbond substituents is 1. The fourth-order valence-corrected chi connectivity index (χ4v) is 5.47. The van der Waals surface area contributed by atoms with E-state index in [9.17, 15) is 31.0 Å². The third-order valence-electron chi connectivity index (χ3n) is 6.39. The zero-order valence-electron chi connectivity index (χ0n) is 22.4. The molecule has 44 heavy (non-hydrogen) atoms. The summed E-state index contributed by atoms with van der Waals surface area (Å²) in [5, 5.41) is 26.7. The van der Waals surface area contributed by atoms with E-state index in [0.717, 1.165) is 29.3 Å². The van der Waals surface area contributed by atoms with E-state index in [-0.39, 0.29) is 22.1 Å². The fourth-order valence-electron chi connectivity index (χ4n) is 4.26. The summed E-state index contributed by atoms with van der Waals surface area (Å²) in [6, 6.07) is 21.4. The number of phenols is 1. The average molecular weight is 634 g/mol. The molecule has 9 N–H and O–H groups in total. The third kappa shape index (κ3) is 6.32. The van der Waals surface area contributed by atoms with Crippen molar-refractivity contribution >= 4 is 70.8 Å². The first-order valence-electron chi connectivity index (χ1n) is 12.4. The van der Waals surface area contributed by atoms with Crippen LogP contribution in [0.1, 0.15) is 0 Å². The van der Waals surface area contributed by atoms with Gasteiger partial charge in [-0.15, -0.1) is 10.2 Å². The molecule has 0 aliphatic carbocycles. The van der Waals surface area contributed by atoms with Crippen LogP contribution in [0.3, 0.4) is 0 Å². The molecule has 16 heteroatoms. The van der Waals surface area contributed by atoms with Crippen molar-refractivity contribution in [3.63, 3.8) is 0 Å². The summed E-state index contributed by atoms with van der Waals surface area (Å²) >= 11 is 0. The lowest BCUT2D eigenvalue weighted by Gasteiger charge is -2.12. The lowest BCUT2D eigenvalue weighted by Crippen LogP contribution is -2.02. The Hall–Kier alpha value is -5.42. The number of hydrogen-bond acceptors (Lipinski definition) is 12. The van der Waals surface area contributed by atoms with Crippen molar-refractivity contribution in [2.24, 2.45) is 20.5 Å². The summed E-state index contributed by atoms with van der Waals surface area (Å²) in [5.41, 5.74) is 20.5. The molecule has 0 bridgehead atoms. The maximum atomic E-state index is 12.1. The van der Waals surface area contributed by atoms with Gasteiger partial charge < -0.3 is 22.3 Å².